The van der Waals surface area contributed by atoms with Crippen LogP contribution in [0.5, 0.6) is 0 Å². The Bertz CT molecular complexity index is 310. The third kappa shape index (κ3) is 18.7. The summed E-state index contributed by atoms with van der Waals surface area (Å²) in [5, 5.41) is 0. The summed E-state index contributed by atoms with van der Waals surface area (Å²) in [7, 11) is -4.67. The number of rotatable bonds is 0. The molecule has 1 aromatic rings. The molecular formula is C6H10NNaO4S. The largest absolute Gasteiger partial charge is 1.00 e. The van der Waals surface area contributed by atoms with Gasteiger partial charge in [0.05, 0.1) is 0 Å². The van der Waals surface area contributed by atoms with E-state index >= 15 is 0 Å². The van der Waals surface area contributed by atoms with E-state index in [1.807, 2.05) is 30.3 Å². The van der Waals surface area contributed by atoms with Crippen LogP contribution in [0.1, 0.15) is 1.43 Å². The van der Waals surface area contributed by atoms with E-state index in [0.717, 1.165) is 5.69 Å². The van der Waals surface area contributed by atoms with E-state index in [1.54, 1.807) is 0 Å². The molecule has 0 aromatic heterocycles. The van der Waals surface area contributed by atoms with Gasteiger partial charge in [-0.2, -0.15) is 8.42 Å². The Morgan fingerprint density at radius 1 is 1.15 bits per heavy atom. The van der Waals surface area contributed by atoms with Gasteiger partial charge in [-0.15, -0.1) is 0 Å². The zero-order valence-electron chi connectivity index (χ0n) is 8.08. The Labute approximate surface area is 100 Å². The van der Waals surface area contributed by atoms with E-state index in [4.69, 9.17) is 23.3 Å². The second-order valence-electron chi connectivity index (χ2n) is 1.86. The van der Waals surface area contributed by atoms with Gasteiger partial charge in [0.1, 0.15) is 0 Å². The van der Waals surface area contributed by atoms with E-state index < -0.39 is 10.4 Å². The van der Waals surface area contributed by atoms with E-state index in [1.165, 1.54) is 0 Å². The van der Waals surface area contributed by atoms with Crippen LogP contribution >= 0.6 is 0 Å². The fraction of sp³-hybridized carbons (Fsp3) is 0. The number of hydrogen-bond donors (Lipinski definition) is 3. The Morgan fingerprint density at radius 3 is 1.62 bits per heavy atom. The first-order valence-corrected chi connectivity index (χ1v) is 4.29. The number of nitrogen functional groups attached to an aromatic ring is 1. The minimum absolute atomic E-state index is 0. The van der Waals surface area contributed by atoms with Gasteiger partial charge in [0, 0.05) is 5.69 Å². The third-order valence-electron chi connectivity index (χ3n) is 0.800. The summed E-state index contributed by atoms with van der Waals surface area (Å²) in [5.41, 5.74) is 6.18. The monoisotopic (exact) mass is 215 g/mol. The Kier molecular flexibility index (Phi) is 8.64. The van der Waals surface area contributed by atoms with Crippen molar-refractivity contribution in [3.05, 3.63) is 30.3 Å². The molecular weight excluding hydrogens is 205 g/mol. The third-order valence-corrected chi connectivity index (χ3v) is 0.800. The first kappa shape index (κ1) is 15.4. The molecule has 0 bridgehead atoms. The molecule has 0 radical (unpaired) electrons. The van der Waals surface area contributed by atoms with Gasteiger partial charge < -0.3 is 7.16 Å². The number of hydrogen-bond acceptors (Lipinski definition) is 3. The van der Waals surface area contributed by atoms with Crippen molar-refractivity contribution in [3.63, 3.8) is 0 Å². The van der Waals surface area contributed by atoms with Crippen molar-refractivity contribution < 1.29 is 48.5 Å². The number of anilines is 1. The predicted molar refractivity (Wildman–Crippen MR) is 46.1 cm³/mol. The fourth-order valence-electron chi connectivity index (χ4n) is 0.453. The molecule has 0 aliphatic heterocycles. The molecule has 0 aliphatic carbocycles. The molecule has 0 fully saturated rings. The molecule has 7 heteroatoms. The van der Waals surface area contributed by atoms with Crippen molar-refractivity contribution in [2.45, 2.75) is 0 Å². The SMILES string of the molecule is Nc1ccccc1.O=S(=O)(O)O.[H-].[Na+]. The van der Waals surface area contributed by atoms with E-state index in [-0.39, 0.29) is 31.0 Å². The average Bonchev–Trinajstić information content (AvgIpc) is 1.85. The Morgan fingerprint density at radius 2 is 1.46 bits per heavy atom. The number of para-hydroxylation sites is 1. The van der Waals surface area contributed by atoms with E-state index in [0.29, 0.717) is 0 Å². The van der Waals surface area contributed by atoms with Crippen LogP contribution in [0.25, 0.3) is 0 Å². The van der Waals surface area contributed by atoms with Gasteiger partial charge in [-0.1, -0.05) is 18.2 Å². The molecule has 0 amide bonds. The van der Waals surface area contributed by atoms with Gasteiger partial charge >= 0.3 is 40.0 Å². The molecule has 1 rings (SSSR count). The van der Waals surface area contributed by atoms with Crippen molar-refractivity contribution in [2.75, 3.05) is 5.73 Å². The predicted octanol–water partition coefficient (Wildman–Crippen LogP) is -2.27. The van der Waals surface area contributed by atoms with Crippen LogP contribution in [-0.4, -0.2) is 17.5 Å². The van der Waals surface area contributed by atoms with Gasteiger partial charge in [0.15, 0.2) is 0 Å². The van der Waals surface area contributed by atoms with Crippen LogP contribution in [0.2, 0.25) is 0 Å². The summed E-state index contributed by atoms with van der Waals surface area (Å²) in [4.78, 5) is 0. The summed E-state index contributed by atoms with van der Waals surface area (Å²) in [6.07, 6.45) is 0. The molecule has 0 unspecified atom stereocenters. The maximum Gasteiger partial charge on any atom is 1.00 e. The summed E-state index contributed by atoms with van der Waals surface area (Å²) >= 11 is 0. The molecule has 5 nitrogen and oxygen atoms in total. The molecule has 13 heavy (non-hydrogen) atoms. The van der Waals surface area contributed by atoms with Crippen molar-refractivity contribution in [2.24, 2.45) is 0 Å². The topological polar surface area (TPSA) is 101 Å². The van der Waals surface area contributed by atoms with Gasteiger partial charge in [0.2, 0.25) is 0 Å². The van der Waals surface area contributed by atoms with Crippen molar-refractivity contribution >= 4 is 16.1 Å². The van der Waals surface area contributed by atoms with Gasteiger partial charge in [-0.05, 0) is 12.1 Å². The molecule has 4 N–H and O–H groups in total. The standard InChI is InChI=1S/C6H7N.Na.H2O4S.H/c7-6-4-2-1-3-5-6;;1-5(2,3)4;/h1-5H,7H2;;(H2,1,2,3,4);/q;+1;;-1. The first-order chi connectivity index (χ1) is 5.39. The zero-order chi connectivity index (χ0) is 9.61. The minimum atomic E-state index is -4.67. The van der Waals surface area contributed by atoms with Crippen LogP contribution in [-0.2, 0) is 10.4 Å². The number of benzene rings is 1. The maximum absolute atomic E-state index is 8.74. The van der Waals surface area contributed by atoms with Crippen LogP contribution in [0.4, 0.5) is 5.69 Å². The van der Waals surface area contributed by atoms with Crippen LogP contribution in [0.15, 0.2) is 30.3 Å². The van der Waals surface area contributed by atoms with Crippen molar-refractivity contribution in [1.29, 1.82) is 0 Å². The van der Waals surface area contributed by atoms with Gasteiger partial charge in [-0.25, -0.2) is 0 Å². The molecule has 1 aromatic carbocycles. The van der Waals surface area contributed by atoms with Crippen molar-refractivity contribution in [3.8, 4) is 0 Å². The zero-order valence-corrected chi connectivity index (χ0v) is 9.90. The molecule has 0 aliphatic rings. The van der Waals surface area contributed by atoms with Crippen LogP contribution < -0.4 is 35.3 Å². The Hall–Kier alpha value is -0.110. The summed E-state index contributed by atoms with van der Waals surface area (Å²) in [5.74, 6) is 0. The molecule has 0 saturated carbocycles. The van der Waals surface area contributed by atoms with E-state index in [9.17, 15) is 0 Å². The van der Waals surface area contributed by atoms with Gasteiger partial charge in [0.25, 0.3) is 0 Å². The fourth-order valence-corrected chi connectivity index (χ4v) is 0.453. The average molecular weight is 215 g/mol. The Balaban J connectivity index is -0.000000159. The van der Waals surface area contributed by atoms with Crippen LogP contribution in [0, 0.1) is 0 Å². The quantitative estimate of drug-likeness (QED) is 0.257. The maximum atomic E-state index is 8.74. The van der Waals surface area contributed by atoms with Crippen molar-refractivity contribution in [1.82, 2.24) is 0 Å². The molecule has 0 spiro atoms. The second kappa shape index (κ2) is 7.31. The number of nitrogens with two attached hydrogens (primary N) is 1. The molecule has 0 heterocycles. The normalized spacial score (nSPS) is 9.08. The summed E-state index contributed by atoms with van der Waals surface area (Å²) in [6, 6.07) is 9.49. The molecule has 70 valence electrons. The smallest absolute Gasteiger partial charge is 1.00 e. The summed E-state index contributed by atoms with van der Waals surface area (Å²) in [6.45, 7) is 0. The van der Waals surface area contributed by atoms with Gasteiger partial charge in [-0.3, -0.25) is 9.11 Å². The summed E-state index contributed by atoms with van der Waals surface area (Å²) < 4.78 is 31.6. The first-order valence-electron chi connectivity index (χ1n) is 2.90. The van der Waals surface area contributed by atoms with Crippen LogP contribution in [0.3, 0.4) is 0 Å². The van der Waals surface area contributed by atoms with E-state index in [2.05, 4.69) is 0 Å². The molecule has 0 atom stereocenters. The second-order valence-corrected chi connectivity index (χ2v) is 2.75. The molecule has 0 saturated heterocycles. The minimum Gasteiger partial charge on any atom is -1.00 e.